The van der Waals surface area contributed by atoms with Crippen LogP contribution in [0.3, 0.4) is 0 Å². The Labute approximate surface area is 135 Å². The molecule has 1 saturated carbocycles. The maximum Gasteiger partial charge on any atom is 0.321 e. The number of urea groups is 1. The van der Waals surface area contributed by atoms with Crippen molar-refractivity contribution < 1.29 is 4.79 Å². The maximum absolute atomic E-state index is 12.3. The van der Waals surface area contributed by atoms with Gasteiger partial charge in [-0.3, -0.25) is 0 Å². The minimum Gasteiger partial charge on any atom is -0.325 e. The van der Waals surface area contributed by atoms with Gasteiger partial charge in [-0.2, -0.15) is 0 Å². The Balaban J connectivity index is 1.92. The topological polar surface area (TPSA) is 44.4 Å². The fourth-order valence-corrected chi connectivity index (χ4v) is 3.00. The highest BCUT2D eigenvalue weighted by atomic mass is 35.5. The van der Waals surface area contributed by atoms with Crippen LogP contribution in [-0.4, -0.2) is 37.1 Å². The van der Waals surface area contributed by atoms with Crippen LogP contribution in [0, 0.1) is 0 Å². The van der Waals surface area contributed by atoms with E-state index in [2.05, 4.69) is 10.6 Å². The average Bonchev–Trinajstić information content (AvgIpc) is 2.50. The summed E-state index contributed by atoms with van der Waals surface area (Å²) in [5.41, 5.74) is 0.658. The zero-order valence-electron chi connectivity index (χ0n) is 12.3. The molecule has 4 nitrogen and oxygen atoms in total. The number of amides is 2. The first-order valence-corrected chi connectivity index (χ1v) is 7.93. The van der Waals surface area contributed by atoms with E-state index in [0.29, 0.717) is 21.8 Å². The lowest BCUT2D eigenvalue weighted by Crippen LogP contribution is -2.44. The summed E-state index contributed by atoms with van der Waals surface area (Å²) >= 11 is 11.8. The lowest BCUT2D eigenvalue weighted by molar-refractivity contribution is 0.178. The van der Waals surface area contributed by atoms with Crippen LogP contribution in [0.15, 0.2) is 18.2 Å². The summed E-state index contributed by atoms with van der Waals surface area (Å²) in [5, 5.41) is 7.07. The van der Waals surface area contributed by atoms with Gasteiger partial charge in [0.1, 0.15) is 0 Å². The van der Waals surface area contributed by atoms with Gasteiger partial charge < -0.3 is 15.5 Å². The molecular formula is C15H21Cl2N3O. The van der Waals surface area contributed by atoms with Gasteiger partial charge in [-0.05, 0) is 50.9 Å². The second kappa shape index (κ2) is 7.34. The minimum absolute atomic E-state index is 0.110. The Hall–Kier alpha value is -0.970. The Bertz CT molecular complexity index is 502. The van der Waals surface area contributed by atoms with Gasteiger partial charge in [0.05, 0.1) is 10.0 Å². The summed E-state index contributed by atoms with van der Waals surface area (Å²) in [6.45, 7) is 0. The summed E-state index contributed by atoms with van der Waals surface area (Å²) in [4.78, 5) is 14.1. The van der Waals surface area contributed by atoms with E-state index in [9.17, 15) is 4.79 Å². The molecule has 0 radical (unpaired) electrons. The van der Waals surface area contributed by atoms with Crippen molar-refractivity contribution >= 4 is 34.9 Å². The van der Waals surface area contributed by atoms with Gasteiger partial charge in [0.25, 0.3) is 0 Å². The molecule has 0 atom stereocenters. The molecule has 2 amide bonds. The molecule has 0 spiro atoms. The molecule has 116 valence electrons. The summed E-state index contributed by atoms with van der Waals surface area (Å²) in [7, 11) is 3.84. The minimum atomic E-state index is -0.110. The molecule has 1 fully saturated rings. The first-order chi connectivity index (χ1) is 10.0. The van der Waals surface area contributed by atoms with Crippen molar-refractivity contribution in [2.75, 3.05) is 19.4 Å². The monoisotopic (exact) mass is 329 g/mol. The van der Waals surface area contributed by atoms with Gasteiger partial charge in [-0.25, -0.2) is 4.79 Å². The summed E-state index contributed by atoms with van der Waals surface area (Å²) in [6, 6.07) is 5.84. The Morgan fingerprint density at radius 1 is 1.19 bits per heavy atom. The van der Waals surface area contributed by atoms with Gasteiger partial charge in [-0.15, -0.1) is 0 Å². The van der Waals surface area contributed by atoms with E-state index in [1.807, 2.05) is 14.1 Å². The second-order valence-corrected chi connectivity index (χ2v) is 6.28. The molecule has 2 rings (SSSR count). The third-order valence-corrected chi connectivity index (χ3v) is 4.88. The van der Waals surface area contributed by atoms with Crippen molar-refractivity contribution in [2.45, 2.75) is 37.8 Å². The Morgan fingerprint density at radius 3 is 2.43 bits per heavy atom. The lowest BCUT2D eigenvalue weighted by Gasteiger charge is -2.34. The van der Waals surface area contributed by atoms with E-state index < -0.39 is 0 Å². The number of carbonyl (C=O) groups is 1. The molecule has 0 aliphatic heterocycles. The van der Waals surface area contributed by atoms with Crippen molar-refractivity contribution in [2.24, 2.45) is 0 Å². The maximum atomic E-state index is 12.3. The molecule has 21 heavy (non-hydrogen) atoms. The molecule has 0 bridgehead atoms. The normalized spacial score (nSPS) is 21.9. The molecule has 2 N–H and O–H groups in total. The largest absolute Gasteiger partial charge is 0.325 e. The van der Waals surface area contributed by atoms with Gasteiger partial charge in [0.15, 0.2) is 0 Å². The van der Waals surface area contributed by atoms with Crippen LogP contribution >= 0.6 is 23.2 Å². The molecule has 1 aromatic rings. The van der Waals surface area contributed by atoms with Crippen LogP contribution in [-0.2, 0) is 0 Å². The van der Waals surface area contributed by atoms with E-state index in [-0.39, 0.29) is 12.1 Å². The van der Waals surface area contributed by atoms with Crippen LogP contribution in [0.25, 0.3) is 0 Å². The predicted octanol–water partition coefficient (Wildman–Crippen LogP) is 3.99. The molecule has 0 heterocycles. The SMILES string of the molecule is CNC1CCC(N(C)C(=O)Nc2ccc(Cl)c(Cl)c2)CC1. The fraction of sp³-hybridized carbons (Fsp3) is 0.533. The number of anilines is 1. The molecule has 1 aliphatic rings. The van der Waals surface area contributed by atoms with Gasteiger partial charge in [-0.1, -0.05) is 23.2 Å². The van der Waals surface area contributed by atoms with E-state index in [0.717, 1.165) is 25.7 Å². The fourth-order valence-electron chi connectivity index (χ4n) is 2.70. The summed E-state index contributed by atoms with van der Waals surface area (Å²) < 4.78 is 0. The highest BCUT2D eigenvalue weighted by Crippen LogP contribution is 2.26. The van der Waals surface area contributed by atoms with Crippen molar-refractivity contribution in [3.63, 3.8) is 0 Å². The Morgan fingerprint density at radius 2 is 1.86 bits per heavy atom. The predicted molar refractivity (Wildman–Crippen MR) is 88.3 cm³/mol. The summed E-state index contributed by atoms with van der Waals surface area (Å²) in [5.74, 6) is 0. The highest BCUT2D eigenvalue weighted by Gasteiger charge is 2.25. The van der Waals surface area contributed by atoms with E-state index in [1.54, 1.807) is 23.1 Å². The molecule has 0 saturated heterocycles. The van der Waals surface area contributed by atoms with Crippen LogP contribution in [0.2, 0.25) is 10.0 Å². The van der Waals surface area contributed by atoms with E-state index in [4.69, 9.17) is 23.2 Å². The van der Waals surface area contributed by atoms with Gasteiger partial charge in [0.2, 0.25) is 0 Å². The molecule has 6 heteroatoms. The summed E-state index contributed by atoms with van der Waals surface area (Å²) in [6.07, 6.45) is 4.25. The quantitative estimate of drug-likeness (QED) is 0.880. The van der Waals surface area contributed by atoms with Gasteiger partial charge in [0, 0.05) is 24.8 Å². The molecule has 1 aliphatic carbocycles. The Kier molecular flexibility index (Phi) is 5.73. The van der Waals surface area contributed by atoms with Crippen LogP contribution in [0.5, 0.6) is 0 Å². The molecule has 1 aromatic carbocycles. The standard InChI is InChI=1S/C15H21Cl2N3O/c1-18-10-3-6-12(7-4-10)20(2)15(21)19-11-5-8-13(16)14(17)9-11/h5,8-10,12,18H,3-4,6-7H2,1-2H3,(H,19,21). The first kappa shape index (κ1) is 16.4. The lowest BCUT2D eigenvalue weighted by atomic mass is 9.90. The molecule has 0 aromatic heterocycles. The number of carbonyl (C=O) groups excluding carboxylic acids is 1. The van der Waals surface area contributed by atoms with Crippen LogP contribution < -0.4 is 10.6 Å². The highest BCUT2D eigenvalue weighted by molar-refractivity contribution is 6.42. The number of nitrogens with one attached hydrogen (secondary N) is 2. The molecule has 0 unspecified atom stereocenters. The number of benzene rings is 1. The van der Waals surface area contributed by atoms with Crippen molar-refractivity contribution in [3.05, 3.63) is 28.2 Å². The number of nitrogens with zero attached hydrogens (tertiary/aromatic N) is 1. The third kappa shape index (κ3) is 4.25. The number of halogens is 2. The van der Waals surface area contributed by atoms with E-state index >= 15 is 0 Å². The average molecular weight is 330 g/mol. The van der Waals surface area contributed by atoms with Crippen molar-refractivity contribution in [1.82, 2.24) is 10.2 Å². The smallest absolute Gasteiger partial charge is 0.321 e. The molecular weight excluding hydrogens is 309 g/mol. The number of rotatable bonds is 3. The number of hydrogen-bond donors (Lipinski definition) is 2. The van der Waals surface area contributed by atoms with E-state index in [1.165, 1.54) is 0 Å². The van der Waals surface area contributed by atoms with Crippen molar-refractivity contribution in [1.29, 1.82) is 0 Å². The zero-order chi connectivity index (χ0) is 15.4. The van der Waals surface area contributed by atoms with Gasteiger partial charge >= 0.3 is 6.03 Å². The first-order valence-electron chi connectivity index (χ1n) is 7.17. The third-order valence-electron chi connectivity index (χ3n) is 4.14. The van der Waals surface area contributed by atoms with Crippen molar-refractivity contribution in [3.8, 4) is 0 Å². The second-order valence-electron chi connectivity index (χ2n) is 5.46. The zero-order valence-corrected chi connectivity index (χ0v) is 13.8. The van der Waals surface area contributed by atoms with Crippen LogP contribution in [0.1, 0.15) is 25.7 Å². The number of hydrogen-bond acceptors (Lipinski definition) is 2. The van der Waals surface area contributed by atoms with Crippen LogP contribution in [0.4, 0.5) is 10.5 Å².